The van der Waals surface area contributed by atoms with Crippen LogP contribution >= 0.6 is 23.5 Å². The standard InChI is InChI=1S/C8H16OS2/c1-7(3-4-9)8-10-5-2-6-11-8/h7-9H,2-6H2,1H3/t7-/m0/s1. The number of rotatable bonds is 3. The van der Waals surface area contributed by atoms with Crippen molar-refractivity contribution in [3.05, 3.63) is 0 Å². The molecule has 3 heteroatoms. The Morgan fingerprint density at radius 2 is 2.09 bits per heavy atom. The van der Waals surface area contributed by atoms with E-state index < -0.39 is 0 Å². The number of aliphatic hydroxyl groups excluding tert-OH is 1. The Morgan fingerprint density at radius 1 is 1.45 bits per heavy atom. The highest BCUT2D eigenvalue weighted by atomic mass is 32.2. The lowest BCUT2D eigenvalue weighted by molar-refractivity contribution is 0.267. The highest BCUT2D eigenvalue weighted by Crippen LogP contribution is 2.36. The summed E-state index contributed by atoms with van der Waals surface area (Å²) < 4.78 is 0.746. The summed E-state index contributed by atoms with van der Waals surface area (Å²) in [5.74, 6) is 3.30. The summed E-state index contributed by atoms with van der Waals surface area (Å²) in [6, 6.07) is 0. The quantitative estimate of drug-likeness (QED) is 0.740. The number of hydrogen-bond acceptors (Lipinski definition) is 3. The van der Waals surface area contributed by atoms with Crippen LogP contribution in [0.1, 0.15) is 19.8 Å². The van der Waals surface area contributed by atoms with Crippen LogP contribution in [0.5, 0.6) is 0 Å². The SMILES string of the molecule is C[C@@H](CCO)C1SCCCS1. The van der Waals surface area contributed by atoms with Crippen molar-refractivity contribution in [3.8, 4) is 0 Å². The van der Waals surface area contributed by atoms with Gasteiger partial charge in [-0.2, -0.15) is 0 Å². The third kappa shape index (κ3) is 3.26. The third-order valence-electron chi connectivity index (χ3n) is 1.90. The first-order valence-corrected chi connectivity index (χ1v) is 6.28. The molecule has 0 unspecified atom stereocenters. The fourth-order valence-electron chi connectivity index (χ4n) is 1.17. The first-order valence-electron chi connectivity index (χ1n) is 4.18. The Hall–Kier alpha value is 0.660. The molecule has 11 heavy (non-hydrogen) atoms. The molecule has 1 atom stereocenters. The molecule has 1 fully saturated rings. The maximum Gasteiger partial charge on any atom is 0.0528 e. The van der Waals surface area contributed by atoms with Crippen LogP contribution in [0.2, 0.25) is 0 Å². The van der Waals surface area contributed by atoms with Gasteiger partial charge >= 0.3 is 0 Å². The van der Waals surface area contributed by atoms with Crippen LogP contribution < -0.4 is 0 Å². The van der Waals surface area contributed by atoms with Crippen molar-refractivity contribution in [2.45, 2.75) is 24.3 Å². The van der Waals surface area contributed by atoms with E-state index in [0.29, 0.717) is 12.5 Å². The van der Waals surface area contributed by atoms with Crippen molar-refractivity contribution in [1.29, 1.82) is 0 Å². The Bertz CT molecular complexity index is 102. The Morgan fingerprint density at radius 3 is 2.64 bits per heavy atom. The first kappa shape index (κ1) is 9.75. The molecular formula is C8H16OS2. The molecule has 1 N–H and O–H groups in total. The van der Waals surface area contributed by atoms with Gasteiger partial charge in [-0.05, 0) is 30.3 Å². The largest absolute Gasteiger partial charge is 0.396 e. The summed E-state index contributed by atoms with van der Waals surface area (Å²) in [6.45, 7) is 2.59. The van der Waals surface area contributed by atoms with Crippen molar-refractivity contribution in [2.75, 3.05) is 18.1 Å². The first-order chi connectivity index (χ1) is 5.34. The highest BCUT2D eigenvalue weighted by molar-refractivity contribution is 8.17. The molecule has 0 bridgehead atoms. The van der Waals surface area contributed by atoms with Crippen LogP contribution in [0.15, 0.2) is 0 Å². The van der Waals surface area contributed by atoms with Crippen LogP contribution in [0.3, 0.4) is 0 Å². The van der Waals surface area contributed by atoms with E-state index >= 15 is 0 Å². The van der Waals surface area contributed by atoms with Gasteiger partial charge in [0.05, 0.1) is 4.58 Å². The molecule has 1 nitrogen and oxygen atoms in total. The van der Waals surface area contributed by atoms with Gasteiger partial charge in [0, 0.05) is 6.61 Å². The van der Waals surface area contributed by atoms with E-state index in [1.807, 2.05) is 0 Å². The molecule has 0 aromatic rings. The Labute approximate surface area is 77.3 Å². The second-order valence-electron chi connectivity index (χ2n) is 2.95. The molecule has 0 saturated carbocycles. The minimum atomic E-state index is 0.346. The fraction of sp³-hybridized carbons (Fsp3) is 1.00. The van der Waals surface area contributed by atoms with Crippen molar-refractivity contribution in [2.24, 2.45) is 5.92 Å². The van der Waals surface area contributed by atoms with Crippen molar-refractivity contribution >= 4 is 23.5 Å². The molecule has 1 saturated heterocycles. The van der Waals surface area contributed by atoms with Crippen LogP contribution in [0.4, 0.5) is 0 Å². The lowest BCUT2D eigenvalue weighted by Crippen LogP contribution is -2.16. The number of aliphatic hydroxyl groups is 1. The van der Waals surface area contributed by atoms with Gasteiger partial charge in [0.25, 0.3) is 0 Å². The van der Waals surface area contributed by atoms with Gasteiger partial charge < -0.3 is 5.11 Å². The summed E-state index contributed by atoms with van der Waals surface area (Å²) in [6.07, 6.45) is 2.32. The molecule has 1 aliphatic rings. The molecular weight excluding hydrogens is 176 g/mol. The van der Waals surface area contributed by atoms with Gasteiger partial charge in [0.2, 0.25) is 0 Å². The lowest BCUT2D eigenvalue weighted by Gasteiger charge is -2.26. The van der Waals surface area contributed by atoms with E-state index in [1.54, 1.807) is 0 Å². The molecule has 0 aromatic heterocycles. The highest BCUT2D eigenvalue weighted by Gasteiger charge is 2.20. The normalized spacial score (nSPS) is 23.5. The zero-order chi connectivity index (χ0) is 8.10. The van der Waals surface area contributed by atoms with Gasteiger partial charge in [-0.25, -0.2) is 0 Å². The number of hydrogen-bond donors (Lipinski definition) is 1. The van der Waals surface area contributed by atoms with Crippen molar-refractivity contribution < 1.29 is 5.11 Å². The number of thioether (sulfide) groups is 2. The maximum absolute atomic E-state index is 8.75. The van der Waals surface area contributed by atoms with Crippen LogP contribution in [-0.4, -0.2) is 27.8 Å². The maximum atomic E-state index is 8.75. The summed E-state index contributed by atoms with van der Waals surface area (Å²) in [5, 5.41) is 8.75. The second kappa shape index (κ2) is 5.33. The average molecular weight is 192 g/mol. The molecule has 0 amide bonds. The van der Waals surface area contributed by atoms with E-state index in [4.69, 9.17) is 5.11 Å². The van der Waals surface area contributed by atoms with E-state index in [1.165, 1.54) is 17.9 Å². The topological polar surface area (TPSA) is 20.2 Å². The molecule has 1 rings (SSSR count). The zero-order valence-electron chi connectivity index (χ0n) is 6.95. The fourth-order valence-corrected chi connectivity index (χ4v) is 4.34. The predicted molar refractivity (Wildman–Crippen MR) is 54.2 cm³/mol. The molecule has 1 aliphatic heterocycles. The molecule has 66 valence electrons. The molecule has 0 aliphatic carbocycles. The molecule has 0 radical (unpaired) electrons. The molecule has 0 aromatic carbocycles. The van der Waals surface area contributed by atoms with E-state index in [9.17, 15) is 0 Å². The predicted octanol–water partition coefficient (Wildman–Crippen LogP) is 2.20. The van der Waals surface area contributed by atoms with Gasteiger partial charge in [-0.15, -0.1) is 23.5 Å². The summed E-state index contributed by atoms with van der Waals surface area (Å²) in [5.41, 5.74) is 0. The smallest absolute Gasteiger partial charge is 0.0528 e. The summed E-state index contributed by atoms with van der Waals surface area (Å²) in [7, 11) is 0. The average Bonchev–Trinajstić information content (AvgIpc) is 2.07. The molecule has 1 heterocycles. The van der Waals surface area contributed by atoms with E-state index in [-0.39, 0.29) is 0 Å². The van der Waals surface area contributed by atoms with Crippen LogP contribution in [0, 0.1) is 5.92 Å². The van der Waals surface area contributed by atoms with Gasteiger partial charge in [0.15, 0.2) is 0 Å². The lowest BCUT2D eigenvalue weighted by atomic mass is 10.1. The van der Waals surface area contributed by atoms with Crippen molar-refractivity contribution in [3.63, 3.8) is 0 Å². The second-order valence-corrected chi connectivity index (χ2v) is 5.75. The van der Waals surface area contributed by atoms with Crippen molar-refractivity contribution in [1.82, 2.24) is 0 Å². The summed E-state index contributed by atoms with van der Waals surface area (Å²) in [4.78, 5) is 0. The summed E-state index contributed by atoms with van der Waals surface area (Å²) >= 11 is 4.13. The van der Waals surface area contributed by atoms with Gasteiger partial charge in [-0.3, -0.25) is 0 Å². The Kier molecular flexibility index (Phi) is 4.72. The minimum Gasteiger partial charge on any atom is -0.396 e. The third-order valence-corrected chi connectivity index (χ3v) is 5.35. The van der Waals surface area contributed by atoms with E-state index in [2.05, 4.69) is 30.4 Å². The zero-order valence-corrected chi connectivity index (χ0v) is 8.59. The van der Waals surface area contributed by atoms with Gasteiger partial charge in [-0.1, -0.05) is 6.92 Å². The molecule has 0 spiro atoms. The van der Waals surface area contributed by atoms with Gasteiger partial charge in [0.1, 0.15) is 0 Å². The monoisotopic (exact) mass is 192 g/mol. The van der Waals surface area contributed by atoms with Crippen LogP contribution in [0.25, 0.3) is 0 Å². The minimum absolute atomic E-state index is 0.346. The van der Waals surface area contributed by atoms with Crippen LogP contribution in [-0.2, 0) is 0 Å². The van der Waals surface area contributed by atoms with E-state index in [0.717, 1.165) is 11.0 Å². The Balaban J connectivity index is 2.21.